The summed E-state index contributed by atoms with van der Waals surface area (Å²) in [6.07, 6.45) is -2.77. The molecule has 2 heterocycles. The zero-order valence-electron chi connectivity index (χ0n) is 10.8. The van der Waals surface area contributed by atoms with Crippen molar-refractivity contribution in [3.8, 4) is 0 Å². The Bertz CT molecular complexity index is 434. The molecule has 102 valence electrons. The lowest BCUT2D eigenvalue weighted by Gasteiger charge is -2.27. The summed E-state index contributed by atoms with van der Waals surface area (Å²) in [7, 11) is 0. The fraction of sp³-hybridized carbons (Fsp3) is 0.692. The van der Waals surface area contributed by atoms with Crippen LogP contribution in [0.15, 0.2) is 6.07 Å². The number of aromatic nitrogens is 1. The molecule has 1 aliphatic rings. The molecular weight excluding hydrogens is 243 g/mol. The summed E-state index contributed by atoms with van der Waals surface area (Å²) in [5, 5.41) is 0. The summed E-state index contributed by atoms with van der Waals surface area (Å²) in [5.41, 5.74) is 0.542. The molecule has 2 rings (SSSR count). The van der Waals surface area contributed by atoms with Crippen LogP contribution in [0.3, 0.4) is 0 Å². The lowest BCUT2D eigenvalue weighted by atomic mass is 10.1. The molecule has 2 nitrogen and oxygen atoms in total. The van der Waals surface area contributed by atoms with Crippen LogP contribution in [0, 0.1) is 6.92 Å². The molecule has 0 amide bonds. The molecule has 0 fully saturated rings. The smallest absolute Gasteiger partial charge is 0.375 e. The average Bonchev–Trinajstić information content (AvgIpc) is 2.54. The van der Waals surface area contributed by atoms with Crippen LogP contribution in [-0.2, 0) is 23.9 Å². The van der Waals surface area contributed by atoms with Gasteiger partial charge >= 0.3 is 6.18 Å². The monoisotopic (exact) mass is 261 g/mol. The summed E-state index contributed by atoms with van der Waals surface area (Å²) in [6.45, 7) is 6.03. The second-order valence-electron chi connectivity index (χ2n) is 5.08. The molecule has 0 bridgehead atoms. The Morgan fingerprint density at radius 3 is 2.61 bits per heavy atom. The summed E-state index contributed by atoms with van der Waals surface area (Å²) in [4.78, 5) is 0. The Morgan fingerprint density at radius 1 is 1.39 bits per heavy atom. The van der Waals surface area contributed by atoms with Crippen LogP contribution in [0.5, 0.6) is 0 Å². The third-order valence-electron chi connectivity index (χ3n) is 3.33. The number of hydrogen-bond acceptors (Lipinski definition) is 1. The Labute approximate surface area is 105 Å². The highest BCUT2D eigenvalue weighted by molar-refractivity contribution is 5.31. The first-order valence-corrected chi connectivity index (χ1v) is 6.20. The number of alkyl halides is 3. The van der Waals surface area contributed by atoms with Gasteiger partial charge in [-0.05, 0) is 33.3 Å². The molecule has 1 atom stereocenters. The van der Waals surface area contributed by atoms with Crippen molar-refractivity contribution in [3.63, 3.8) is 0 Å². The van der Waals surface area contributed by atoms with Crippen molar-refractivity contribution in [2.45, 2.75) is 58.5 Å². The highest BCUT2D eigenvalue weighted by atomic mass is 19.4. The van der Waals surface area contributed by atoms with Crippen LogP contribution >= 0.6 is 0 Å². The molecule has 1 aliphatic heterocycles. The van der Waals surface area contributed by atoms with Gasteiger partial charge in [0.2, 0.25) is 0 Å². The molecular formula is C13H18F3NO. The number of ether oxygens (including phenoxy) is 1. The van der Waals surface area contributed by atoms with E-state index in [-0.39, 0.29) is 12.2 Å². The molecule has 0 spiro atoms. The Kier molecular flexibility index (Phi) is 3.45. The summed E-state index contributed by atoms with van der Waals surface area (Å²) in [5.74, 6) is 0. The van der Waals surface area contributed by atoms with Gasteiger partial charge in [-0.1, -0.05) is 0 Å². The minimum Gasteiger partial charge on any atom is -0.375 e. The van der Waals surface area contributed by atoms with Gasteiger partial charge in [0.05, 0.1) is 17.8 Å². The van der Waals surface area contributed by atoms with Gasteiger partial charge in [0.25, 0.3) is 0 Å². The normalized spacial score (nSPS) is 20.3. The van der Waals surface area contributed by atoms with Gasteiger partial charge in [0, 0.05) is 24.4 Å². The van der Waals surface area contributed by atoms with E-state index in [0.717, 1.165) is 12.1 Å². The average molecular weight is 261 g/mol. The summed E-state index contributed by atoms with van der Waals surface area (Å²) >= 11 is 0. The molecule has 0 aliphatic carbocycles. The van der Waals surface area contributed by atoms with E-state index in [9.17, 15) is 13.2 Å². The van der Waals surface area contributed by atoms with Gasteiger partial charge in [-0.3, -0.25) is 0 Å². The predicted octanol–water partition coefficient (Wildman–Crippen LogP) is 3.56. The molecule has 0 N–H and O–H groups in total. The van der Waals surface area contributed by atoms with Crippen molar-refractivity contribution in [1.82, 2.24) is 4.57 Å². The van der Waals surface area contributed by atoms with Gasteiger partial charge in [0.1, 0.15) is 0 Å². The first-order chi connectivity index (χ1) is 8.29. The zero-order chi connectivity index (χ0) is 13.5. The fourth-order valence-electron chi connectivity index (χ4n) is 2.59. The minimum absolute atomic E-state index is 0.0351. The van der Waals surface area contributed by atoms with E-state index < -0.39 is 11.7 Å². The first kappa shape index (κ1) is 13.5. The second-order valence-corrected chi connectivity index (χ2v) is 5.08. The third-order valence-corrected chi connectivity index (χ3v) is 3.33. The van der Waals surface area contributed by atoms with Gasteiger partial charge in [-0.15, -0.1) is 0 Å². The van der Waals surface area contributed by atoms with Crippen molar-refractivity contribution in [2.24, 2.45) is 0 Å². The van der Waals surface area contributed by atoms with Gasteiger partial charge < -0.3 is 9.30 Å². The highest BCUT2D eigenvalue weighted by Crippen LogP contribution is 2.35. The summed E-state index contributed by atoms with van der Waals surface area (Å²) in [6, 6.07) is 1.27. The number of hydrogen-bond donors (Lipinski definition) is 0. The largest absolute Gasteiger partial charge is 0.418 e. The molecule has 0 saturated heterocycles. The molecule has 5 heteroatoms. The molecule has 0 radical (unpaired) electrons. The van der Waals surface area contributed by atoms with Crippen LogP contribution in [0.4, 0.5) is 13.2 Å². The van der Waals surface area contributed by atoms with Crippen LogP contribution in [0.25, 0.3) is 0 Å². The van der Waals surface area contributed by atoms with E-state index in [4.69, 9.17) is 4.74 Å². The van der Waals surface area contributed by atoms with Crippen molar-refractivity contribution in [1.29, 1.82) is 0 Å². The van der Waals surface area contributed by atoms with E-state index in [1.54, 1.807) is 4.57 Å². The fourth-order valence-corrected chi connectivity index (χ4v) is 2.59. The predicted molar refractivity (Wildman–Crippen MR) is 62.5 cm³/mol. The molecule has 18 heavy (non-hydrogen) atoms. The van der Waals surface area contributed by atoms with Gasteiger partial charge in [-0.25, -0.2) is 0 Å². The number of nitrogens with zero attached hydrogens (tertiary/aromatic N) is 1. The maximum Gasteiger partial charge on any atom is 0.418 e. The summed E-state index contributed by atoms with van der Waals surface area (Å²) < 4.78 is 45.8. The van der Waals surface area contributed by atoms with Crippen molar-refractivity contribution >= 4 is 0 Å². The SMILES string of the molecule is Cc1c(C(F)(F)F)cc2n1CCC(OC(C)C)C2. The first-order valence-electron chi connectivity index (χ1n) is 6.20. The molecule has 1 unspecified atom stereocenters. The number of rotatable bonds is 2. The lowest BCUT2D eigenvalue weighted by molar-refractivity contribution is -0.138. The number of fused-ring (bicyclic) bond motifs is 1. The van der Waals surface area contributed by atoms with Gasteiger partial charge in [0.15, 0.2) is 0 Å². The van der Waals surface area contributed by atoms with Crippen LogP contribution < -0.4 is 0 Å². The Balaban J connectivity index is 2.24. The standard InChI is InChI=1S/C13H18F3NO/c1-8(2)18-11-4-5-17-9(3)12(13(14,15)16)7-10(17)6-11/h7-8,11H,4-6H2,1-3H3. The second kappa shape index (κ2) is 4.61. The molecule has 1 aromatic rings. The molecule has 0 saturated carbocycles. The lowest BCUT2D eigenvalue weighted by Crippen LogP contribution is -2.28. The van der Waals surface area contributed by atoms with E-state index in [1.807, 2.05) is 13.8 Å². The van der Waals surface area contributed by atoms with E-state index in [2.05, 4.69) is 0 Å². The number of halogens is 3. The minimum atomic E-state index is -4.26. The quantitative estimate of drug-likeness (QED) is 0.794. The van der Waals surface area contributed by atoms with Crippen molar-refractivity contribution < 1.29 is 17.9 Å². The van der Waals surface area contributed by atoms with E-state index in [1.165, 1.54) is 13.0 Å². The zero-order valence-corrected chi connectivity index (χ0v) is 10.8. The maximum atomic E-state index is 12.8. The maximum absolute atomic E-state index is 12.8. The van der Waals surface area contributed by atoms with Crippen LogP contribution in [0.2, 0.25) is 0 Å². The molecule has 1 aromatic heterocycles. The third kappa shape index (κ3) is 2.55. The van der Waals surface area contributed by atoms with E-state index in [0.29, 0.717) is 18.7 Å². The van der Waals surface area contributed by atoms with Gasteiger partial charge in [-0.2, -0.15) is 13.2 Å². The van der Waals surface area contributed by atoms with Crippen molar-refractivity contribution in [2.75, 3.05) is 0 Å². The Hall–Kier alpha value is -0.970. The highest BCUT2D eigenvalue weighted by Gasteiger charge is 2.36. The van der Waals surface area contributed by atoms with Crippen molar-refractivity contribution in [3.05, 3.63) is 23.0 Å². The molecule has 0 aromatic carbocycles. The topological polar surface area (TPSA) is 14.2 Å². The Morgan fingerprint density at radius 2 is 2.06 bits per heavy atom. The van der Waals surface area contributed by atoms with E-state index >= 15 is 0 Å². The van der Waals surface area contributed by atoms with Crippen LogP contribution in [-0.4, -0.2) is 16.8 Å². The van der Waals surface area contributed by atoms with Crippen LogP contribution in [0.1, 0.15) is 37.2 Å².